The summed E-state index contributed by atoms with van der Waals surface area (Å²) >= 11 is 2.71. The molecule has 3 rings (SSSR count). The van der Waals surface area contributed by atoms with E-state index in [0.29, 0.717) is 23.0 Å². The van der Waals surface area contributed by atoms with E-state index in [4.69, 9.17) is 5.41 Å². The fourth-order valence-corrected chi connectivity index (χ4v) is 6.93. The molecule has 0 radical (unpaired) electrons. The van der Waals surface area contributed by atoms with Crippen LogP contribution < -0.4 is 0 Å². The van der Waals surface area contributed by atoms with Gasteiger partial charge in [-0.05, 0) is 20.3 Å². The maximum absolute atomic E-state index is 12.2. The summed E-state index contributed by atoms with van der Waals surface area (Å²) in [7, 11) is 0. The highest BCUT2D eigenvalue weighted by atomic mass is 32.2. The molecule has 2 saturated heterocycles. The molecule has 0 aromatic rings. The first-order valence-corrected chi connectivity index (χ1v) is 9.76. The third-order valence-electron chi connectivity index (χ3n) is 4.76. The van der Waals surface area contributed by atoms with Gasteiger partial charge >= 0.3 is 5.97 Å². The number of nitrogens with zero attached hydrogens (tertiary/aromatic N) is 2. The number of amides is 1. The van der Waals surface area contributed by atoms with Gasteiger partial charge in [-0.15, -0.1) is 11.8 Å². The fraction of sp³-hybridized carbons (Fsp3) is 0.667. The van der Waals surface area contributed by atoms with Gasteiger partial charge < -0.3 is 20.2 Å². The topological polar surface area (TPSA) is 125 Å². The van der Waals surface area contributed by atoms with Crippen molar-refractivity contribution in [3.8, 4) is 0 Å². The minimum atomic E-state index is -1.15. The summed E-state index contributed by atoms with van der Waals surface area (Å²) in [5.41, 5.74) is -0.00697. The van der Waals surface area contributed by atoms with Crippen LogP contribution in [-0.2, 0) is 9.59 Å². The number of thioether (sulfide) groups is 2. The van der Waals surface area contributed by atoms with Gasteiger partial charge in [-0.3, -0.25) is 15.1 Å². The Hall–Kier alpha value is -1.23. The second-order valence-corrected chi connectivity index (χ2v) is 9.17. The molecule has 5 atom stereocenters. The molecule has 25 heavy (non-hydrogen) atoms. The maximum atomic E-state index is 12.2. The first kappa shape index (κ1) is 18.6. The number of aliphatic carboxylic acids is 1. The summed E-state index contributed by atoms with van der Waals surface area (Å²) < 4.78 is 0.570. The Morgan fingerprint density at radius 3 is 2.68 bits per heavy atom. The number of aliphatic hydroxyl groups excluding tert-OH is 2. The first-order valence-electron chi connectivity index (χ1n) is 8.01. The molecule has 0 bridgehead atoms. The summed E-state index contributed by atoms with van der Waals surface area (Å²) in [6.07, 6.45) is -0.172. The zero-order chi connectivity index (χ0) is 18.5. The Labute approximate surface area is 153 Å². The number of nitrogens with one attached hydrogen (secondary N) is 1. The van der Waals surface area contributed by atoms with Crippen LogP contribution in [0, 0.1) is 11.3 Å². The molecule has 0 aromatic heterocycles. The summed E-state index contributed by atoms with van der Waals surface area (Å²) in [6.45, 7) is 3.71. The van der Waals surface area contributed by atoms with Crippen LogP contribution in [0.2, 0.25) is 0 Å². The molecule has 3 aliphatic rings. The molecule has 3 heterocycles. The summed E-state index contributed by atoms with van der Waals surface area (Å²) in [6, 6.07) is -0.140. The third kappa shape index (κ3) is 3.05. The van der Waals surface area contributed by atoms with Gasteiger partial charge in [-0.25, -0.2) is 4.79 Å². The summed E-state index contributed by atoms with van der Waals surface area (Å²) in [5, 5.41) is 36.2. The molecule has 0 aromatic carbocycles. The van der Waals surface area contributed by atoms with Crippen molar-refractivity contribution in [2.24, 2.45) is 5.92 Å². The van der Waals surface area contributed by atoms with Gasteiger partial charge in [-0.2, -0.15) is 0 Å². The van der Waals surface area contributed by atoms with Crippen molar-refractivity contribution in [2.45, 2.75) is 43.0 Å². The summed E-state index contributed by atoms with van der Waals surface area (Å²) in [4.78, 5) is 26.9. The predicted molar refractivity (Wildman–Crippen MR) is 95.0 cm³/mol. The van der Waals surface area contributed by atoms with E-state index in [1.807, 2.05) is 4.90 Å². The molecule has 0 saturated carbocycles. The smallest absolute Gasteiger partial charge is 0.354 e. The van der Waals surface area contributed by atoms with Crippen LogP contribution in [0.4, 0.5) is 0 Å². The monoisotopic (exact) mass is 387 g/mol. The number of aliphatic hydroxyl groups is 2. The van der Waals surface area contributed by atoms with Crippen LogP contribution in [0.1, 0.15) is 20.3 Å². The van der Waals surface area contributed by atoms with Crippen molar-refractivity contribution in [3.63, 3.8) is 0 Å². The molecule has 10 heteroatoms. The quantitative estimate of drug-likeness (QED) is 0.302. The van der Waals surface area contributed by atoms with E-state index >= 15 is 0 Å². The lowest BCUT2D eigenvalue weighted by Gasteiger charge is -2.43. The number of hydrogen-bond donors (Lipinski definition) is 4. The largest absolute Gasteiger partial charge is 0.477 e. The SMILES string of the molecule is CC(=N)N1C[C@@H](SC2=C(C(=O)O)N3C(=O)[C@@H]([C@H](C)O)[C@H]3S2)C[C@H]1CO. The Kier molecular flexibility index (Phi) is 5.06. The second-order valence-electron chi connectivity index (χ2n) is 6.47. The lowest BCUT2D eigenvalue weighted by molar-refractivity contribution is -0.156. The number of fused-ring (bicyclic) bond motifs is 1. The van der Waals surface area contributed by atoms with E-state index in [9.17, 15) is 24.9 Å². The highest BCUT2D eigenvalue weighted by Gasteiger charge is 2.58. The lowest BCUT2D eigenvalue weighted by Crippen LogP contribution is -2.60. The predicted octanol–water partition coefficient (Wildman–Crippen LogP) is 0.318. The minimum Gasteiger partial charge on any atom is -0.477 e. The standard InChI is InChI=1S/C15H21N3O5S2/c1-6(20)10-12(21)18-11(14(22)23)15(25-13(10)18)24-9-3-8(5-19)17(4-9)7(2)16/h6,8-10,13,16,19-20H,3-5H2,1-2H3,(H,22,23)/t6-,8-,9-,10+,13+/m0/s1. The zero-order valence-corrected chi connectivity index (χ0v) is 15.5. The Bertz CT molecular complexity index is 653. The highest BCUT2D eigenvalue weighted by molar-refractivity contribution is 8.23. The summed E-state index contributed by atoms with van der Waals surface area (Å²) in [5.74, 6) is -1.70. The molecule has 4 N–H and O–H groups in total. The van der Waals surface area contributed by atoms with Crippen molar-refractivity contribution in [3.05, 3.63) is 9.93 Å². The Balaban J connectivity index is 1.77. The van der Waals surface area contributed by atoms with Crippen molar-refractivity contribution < 1.29 is 24.9 Å². The van der Waals surface area contributed by atoms with E-state index < -0.39 is 18.0 Å². The van der Waals surface area contributed by atoms with Crippen molar-refractivity contribution in [1.82, 2.24) is 9.80 Å². The molecule has 8 nitrogen and oxygen atoms in total. The number of likely N-dealkylation sites (tertiary alicyclic amines) is 1. The number of carbonyl (C=O) groups excluding carboxylic acids is 1. The number of amidine groups is 1. The van der Waals surface area contributed by atoms with E-state index in [-0.39, 0.29) is 34.9 Å². The fourth-order valence-electron chi connectivity index (χ4n) is 3.53. The normalized spacial score (nSPS) is 32.7. The van der Waals surface area contributed by atoms with Crippen LogP contribution in [0.5, 0.6) is 0 Å². The van der Waals surface area contributed by atoms with E-state index in [2.05, 4.69) is 0 Å². The molecular formula is C15H21N3O5S2. The van der Waals surface area contributed by atoms with Crippen LogP contribution in [0.15, 0.2) is 9.93 Å². The van der Waals surface area contributed by atoms with Crippen molar-refractivity contribution in [1.29, 1.82) is 5.41 Å². The van der Waals surface area contributed by atoms with Crippen LogP contribution >= 0.6 is 23.5 Å². The average Bonchev–Trinajstić information content (AvgIpc) is 3.06. The molecule has 0 unspecified atom stereocenters. The number of carboxylic acid groups (broad SMARTS) is 1. The first-order chi connectivity index (χ1) is 11.8. The average molecular weight is 387 g/mol. The van der Waals surface area contributed by atoms with Crippen molar-refractivity contribution in [2.75, 3.05) is 13.2 Å². The Morgan fingerprint density at radius 1 is 1.52 bits per heavy atom. The molecule has 2 fully saturated rings. The van der Waals surface area contributed by atoms with E-state index in [1.54, 1.807) is 13.8 Å². The number of carboxylic acids is 1. The van der Waals surface area contributed by atoms with Gasteiger partial charge in [0.05, 0.1) is 34.7 Å². The molecule has 138 valence electrons. The highest BCUT2D eigenvalue weighted by Crippen LogP contribution is 2.55. The van der Waals surface area contributed by atoms with Crippen molar-refractivity contribution >= 4 is 41.2 Å². The molecule has 3 aliphatic heterocycles. The lowest BCUT2D eigenvalue weighted by atomic mass is 9.92. The van der Waals surface area contributed by atoms with Gasteiger partial charge in [0.25, 0.3) is 0 Å². The number of hydrogen-bond acceptors (Lipinski definition) is 7. The zero-order valence-electron chi connectivity index (χ0n) is 13.9. The molecule has 0 aliphatic carbocycles. The molecule has 0 spiro atoms. The molecular weight excluding hydrogens is 366 g/mol. The number of β-lactam (4-membered cyclic amide) rings is 1. The minimum absolute atomic E-state index is 0.00697. The number of rotatable bonds is 5. The van der Waals surface area contributed by atoms with Gasteiger partial charge in [0.15, 0.2) is 5.70 Å². The van der Waals surface area contributed by atoms with Gasteiger partial charge in [0.1, 0.15) is 5.37 Å². The van der Waals surface area contributed by atoms with Gasteiger partial charge in [-0.1, -0.05) is 11.8 Å². The van der Waals surface area contributed by atoms with Crippen LogP contribution in [0.25, 0.3) is 0 Å². The van der Waals surface area contributed by atoms with Gasteiger partial charge in [0.2, 0.25) is 5.91 Å². The Morgan fingerprint density at radius 2 is 2.20 bits per heavy atom. The third-order valence-corrected chi connectivity index (χ3v) is 7.57. The number of carbonyl (C=O) groups is 2. The van der Waals surface area contributed by atoms with Crippen LogP contribution in [-0.4, -0.2) is 78.8 Å². The van der Waals surface area contributed by atoms with Crippen LogP contribution in [0.3, 0.4) is 0 Å². The second kappa shape index (κ2) is 6.82. The van der Waals surface area contributed by atoms with E-state index in [0.717, 1.165) is 0 Å². The van der Waals surface area contributed by atoms with E-state index in [1.165, 1.54) is 28.4 Å². The maximum Gasteiger partial charge on any atom is 0.354 e. The van der Waals surface area contributed by atoms with Gasteiger partial charge in [0, 0.05) is 11.8 Å². The molecule has 1 amide bonds.